The van der Waals surface area contributed by atoms with E-state index in [4.69, 9.17) is 26.7 Å². The molecule has 10 nitrogen and oxygen atoms in total. The Bertz CT molecular complexity index is 1920. The van der Waals surface area contributed by atoms with Gasteiger partial charge in [-0.1, -0.05) is 56.4 Å². The van der Waals surface area contributed by atoms with Crippen molar-refractivity contribution in [2.24, 2.45) is 17.2 Å². The Morgan fingerprint density at radius 2 is 1.04 bits per heavy atom. The number of nitrogens with two attached hydrogens (primary N) is 3. The van der Waals surface area contributed by atoms with Gasteiger partial charge in [0.25, 0.3) is 0 Å². The third-order valence-corrected chi connectivity index (χ3v) is 8.73. The van der Waals surface area contributed by atoms with E-state index in [2.05, 4.69) is 9.62 Å². The fourth-order valence-electron chi connectivity index (χ4n) is 4.36. The van der Waals surface area contributed by atoms with Gasteiger partial charge in [-0.2, -0.15) is 0 Å². The molecule has 0 radical (unpaired) electrons. The molecule has 57 heavy (non-hydrogen) atoms. The maximum atomic E-state index is 14.3. The van der Waals surface area contributed by atoms with E-state index < -0.39 is 44.8 Å². The Morgan fingerprint density at radius 1 is 0.649 bits per heavy atom. The second kappa shape index (κ2) is 26.3. The Labute approximate surface area is 337 Å². The van der Waals surface area contributed by atoms with Gasteiger partial charge in [-0.25, -0.2) is 30.7 Å². The van der Waals surface area contributed by atoms with Gasteiger partial charge in [0, 0.05) is 39.3 Å². The van der Waals surface area contributed by atoms with E-state index >= 15 is 0 Å². The highest BCUT2D eigenvalue weighted by molar-refractivity contribution is 7.89. The third-order valence-electron chi connectivity index (χ3n) is 7.26. The largest absolute Gasteiger partial charge is 0.451 e. The standard InChI is InChI=1S/C20H25F2N3O3S.C16H15F2NO.C4H12N2.2CH4/c1-14(13-23)10-15-11-18(21)20(19(22)12-15)28-16-4-6-17(7-5-16)29(26,27)24-8-9-25(2)3;1-11(10-19)7-12-8-14(17)16(15(18)9-12)20-13-5-3-2-4-6-13;1-6(2)4-3-5;;/h4-7,10-12,24H,8-9,13,23H2,1-3H3;2-9H,10,19H2,1H3;3-5H2,1-2H3;2*1H4/b14-10+;11-7+;;;. The first-order valence-electron chi connectivity index (χ1n) is 17.2. The molecule has 0 aromatic heterocycles. The van der Waals surface area contributed by atoms with E-state index in [1.54, 1.807) is 56.3 Å². The number of benzene rings is 4. The molecule has 0 fully saturated rings. The lowest BCUT2D eigenvalue weighted by molar-refractivity contribution is 0.407. The molecule has 0 saturated heterocycles. The van der Waals surface area contributed by atoms with Gasteiger partial charge in [0.05, 0.1) is 4.90 Å². The minimum absolute atomic E-state index is 0. The van der Waals surface area contributed by atoms with Crippen LogP contribution < -0.4 is 31.4 Å². The average Bonchev–Trinajstić information content (AvgIpc) is 3.12. The molecule has 0 atom stereocenters. The number of ether oxygens (including phenoxy) is 2. The predicted molar refractivity (Wildman–Crippen MR) is 226 cm³/mol. The van der Waals surface area contributed by atoms with Gasteiger partial charge in [0.1, 0.15) is 11.5 Å². The third kappa shape index (κ3) is 18.9. The van der Waals surface area contributed by atoms with E-state index in [0.29, 0.717) is 30.0 Å². The molecule has 0 aliphatic heterocycles. The van der Waals surface area contributed by atoms with Crippen molar-refractivity contribution in [3.63, 3.8) is 0 Å². The lowest BCUT2D eigenvalue weighted by Gasteiger charge is -2.12. The highest BCUT2D eigenvalue weighted by Gasteiger charge is 2.17. The zero-order valence-corrected chi connectivity index (χ0v) is 32.9. The number of halogens is 4. The van der Waals surface area contributed by atoms with Crippen molar-refractivity contribution in [2.75, 3.05) is 67.5 Å². The molecule has 316 valence electrons. The molecule has 4 aromatic rings. The van der Waals surface area contributed by atoms with Gasteiger partial charge < -0.3 is 36.5 Å². The highest BCUT2D eigenvalue weighted by atomic mass is 32.2. The zero-order chi connectivity index (χ0) is 41.1. The number of para-hydroxylation sites is 1. The number of hydrogen-bond donors (Lipinski definition) is 4. The van der Waals surface area contributed by atoms with Crippen molar-refractivity contribution in [1.82, 2.24) is 14.5 Å². The second-order valence-electron chi connectivity index (χ2n) is 12.8. The molecule has 4 aromatic carbocycles. The lowest BCUT2D eigenvalue weighted by Crippen LogP contribution is -2.31. The summed E-state index contributed by atoms with van der Waals surface area (Å²) in [5, 5.41) is 0. The van der Waals surface area contributed by atoms with Crippen molar-refractivity contribution in [3.05, 3.63) is 124 Å². The van der Waals surface area contributed by atoms with Gasteiger partial charge in [0.2, 0.25) is 10.0 Å². The Hall–Kier alpha value is -4.61. The number of nitrogens with one attached hydrogen (secondary N) is 1. The summed E-state index contributed by atoms with van der Waals surface area (Å²) in [4.78, 5) is 3.93. The molecular weight excluding hydrogens is 761 g/mol. The van der Waals surface area contributed by atoms with Crippen molar-refractivity contribution in [1.29, 1.82) is 0 Å². The minimum Gasteiger partial charge on any atom is -0.451 e. The molecule has 0 amide bonds. The fraction of sp³-hybridized carbons (Fsp3) is 0.333. The van der Waals surface area contributed by atoms with E-state index in [1.807, 2.05) is 33.1 Å². The number of likely N-dealkylation sites (N-methyl/N-ethyl adjacent to an activating group) is 2. The first kappa shape index (κ1) is 52.4. The first-order valence-corrected chi connectivity index (χ1v) is 18.7. The van der Waals surface area contributed by atoms with Crippen LogP contribution in [0.3, 0.4) is 0 Å². The molecule has 0 unspecified atom stereocenters. The van der Waals surface area contributed by atoms with Crippen LogP contribution in [-0.2, 0) is 10.0 Å². The SMILES string of the molecule is C.C.C/C(=C\c1cc(F)c(Oc2ccc(S(=O)(=O)NCCN(C)C)cc2)c(F)c1)CN.C/C(=C\c1cc(F)c(Oc2ccccc2)c(F)c1)CN.CN(C)CCN. The number of hydrogen-bond acceptors (Lipinski definition) is 9. The number of rotatable bonds is 15. The van der Waals surface area contributed by atoms with E-state index in [-0.39, 0.29) is 38.6 Å². The summed E-state index contributed by atoms with van der Waals surface area (Å²) in [6, 6.07) is 18.5. The average molecular weight is 821 g/mol. The summed E-state index contributed by atoms with van der Waals surface area (Å²) < 4.78 is 93.9. The quantitative estimate of drug-likeness (QED) is 0.0880. The molecular formula is C42H60F4N6O4S. The normalized spacial score (nSPS) is 11.4. The minimum atomic E-state index is -3.68. The molecule has 0 aliphatic rings. The zero-order valence-electron chi connectivity index (χ0n) is 32.1. The predicted octanol–water partition coefficient (Wildman–Crippen LogP) is 7.86. The summed E-state index contributed by atoms with van der Waals surface area (Å²) in [6.45, 7) is 6.72. The van der Waals surface area contributed by atoms with E-state index in [0.717, 1.165) is 36.4 Å². The highest BCUT2D eigenvalue weighted by Crippen LogP contribution is 2.31. The van der Waals surface area contributed by atoms with Crippen LogP contribution in [0.15, 0.2) is 94.9 Å². The number of nitrogens with zero attached hydrogens (tertiary/aromatic N) is 2. The lowest BCUT2D eigenvalue weighted by atomic mass is 10.1. The summed E-state index contributed by atoms with van der Waals surface area (Å²) in [5.41, 5.74) is 18.5. The van der Waals surface area contributed by atoms with Crippen LogP contribution in [0.2, 0.25) is 0 Å². The second-order valence-corrected chi connectivity index (χ2v) is 14.6. The van der Waals surface area contributed by atoms with E-state index in [9.17, 15) is 26.0 Å². The van der Waals surface area contributed by atoms with Gasteiger partial charge in [-0.3, -0.25) is 0 Å². The Balaban J connectivity index is 0.000000973. The van der Waals surface area contributed by atoms with Crippen LogP contribution in [0.5, 0.6) is 23.0 Å². The molecule has 7 N–H and O–H groups in total. The summed E-state index contributed by atoms with van der Waals surface area (Å²) in [5.74, 6) is -3.71. The van der Waals surface area contributed by atoms with Crippen molar-refractivity contribution in [3.8, 4) is 23.0 Å². The molecule has 0 heterocycles. The Morgan fingerprint density at radius 3 is 1.37 bits per heavy atom. The van der Waals surface area contributed by atoms with Crippen LogP contribution in [0.25, 0.3) is 12.2 Å². The summed E-state index contributed by atoms with van der Waals surface area (Å²) in [7, 11) is 4.00. The van der Waals surface area contributed by atoms with Crippen molar-refractivity contribution in [2.45, 2.75) is 33.6 Å². The number of sulfonamides is 1. The van der Waals surface area contributed by atoms with Gasteiger partial charge in [-0.05, 0) is 114 Å². The summed E-state index contributed by atoms with van der Waals surface area (Å²) >= 11 is 0. The monoisotopic (exact) mass is 820 g/mol. The molecule has 0 spiro atoms. The van der Waals surface area contributed by atoms with Gasteiger partial charge >= 0.3 is 0 Å². The van der Waals surface area contributed by atoms with Gasteiger partial charge in [-0.15, -0.1) is 0 Å². The van der Waals surface area contributed by atoms with Gasteiger partial charge in [0.15, 0.2) is 34.8 Å². The Kier molecular flexibility index (Phi) is 24.2. The summed E-state index contributed by atoms with van der Waals surface area (Å²) in [6.07, 6.45) is 3.22. The van der Waals surface area contributed by atoms with Crippen LogP contribution in [0.1, 0.15) is 39.8 Å². The maximum Gasteiger partial charge on any atom is 0.240 e. The molecule has 0 bridgehead atoms. The molecule has 15 heteroatoms. The fourth-order valence-corrected chi connectivity index (χ4v) is 5.38. The van der Waals surface area contributed by atoms with Crippen LogP contribution in [0.4, 0.5) is 17.6 Å². The van der Waals surface area contributed by atoms with Crippen LogP contribution in [-0.4, -0.2) is 85.7 Å². The molecule has 0 aliphatic carbocycles. The van der Waals surface area contributed by atoms with Crippen LogP contribution >= 0.6 is 0 Å². The van der Waals surface area contributed by atoms with Crippen molar-refractivity contribution >= 4 is 22.2 Å². The first-order chi connectivity index (χ1) is 26.0. The van der Waals surface area contributed by atoms with Crippen LogP contribution in [0, 0.1) is 23.3 Å². The molecule has 4 rings (SSSR count). The molecule has 0 saturated carbocycles. The van der Waals surface area contributed by atoms with E-state index in [1.165, 1.54) is 36.4 Å². The topological polar surface area (TPSA) is 149 Å². The smallest absolute Gasteiger partial charge is 0.240 e. The maximum absolute atomic E-state index is 14.3. The van der Waals surface area contributed by atoms with Crippen molar-refractivity contribution < 1.29 is 35.5 Å².